The summed E-state index contributed by atoms with van der Waals surface area (Å²) in [5.41, 5.74) is 2.35. The molecule has 4 nitrogen and oxygen atoms in total. The molecule has 2 aromatic rings. The minimum absolute atomic E-state index is 0.113. The topological polar surface area (TPSA) is 48.4 Å². The fourth-order valence-corrected chi connectivity index (χ4v) is 2.23. The molecule has 106 valence electrons. The molecule has 0 aliphatic rings. The Morgan fingerprint density at radius 3 is 2.65 bits per heavy atom. The summed E-state index contributed by atoms with van der Waals surface area (Å²) in [5, 5.41) is 12.5. The summed E-state index contributed by atoms with van der Waals surface area (Å²) in [6.45, 7) is 2.19. The Morgan fingerprint density at radius 1 is 1.15 bits per heavy atom. The fourth-order valence-electron chi connectivity index (χ4n) is 2.23. The third-order valence-corrected chi connectivity index (χ3v) is 3.12. The van der Waals surface area contributed by atoms with Crippen LogP contribution >= 0.6 is 0 Å². The zero-order chi connectivity index (χ0) is 14.2. The number of aromatic nitrogens is 1. The van der Waals surface area contributed by atoms with Crippen molar-refractivity contribution in [3.63, 3.8) is 0 Å². The third kappa shape index (κ3) is 3.79. The van der Waals surface area contributed by atoms with Crippen LogP contribution in [0.2, 0.25) is 0 Å². The lowest BCUT2D eigenvalue weighted by atomic mass is 10.2. The molecule has 0 saturated carbocycles. The molecule has 0 aliphatic carbocycles. The molecule has 0 atom stereocenters. The van der Waals surface area contributed by atoms with Gasteiger partial charge in [-0.2, -0.15) is 0 Å². The first-order chi connectivity index (χ1) is 9.85. The SMILES string of the molecule is CNCc1cccnc1N(CCO)Cc1ccccc1. The van der Waals surface area contributed by atoms with Crippen molar-refractivity contribution in [2.75, 3.05) is 25.1 Å². The van der Waals surface area contributed by atoms with Gasteiger partial charge >= 0.3 is 0 Å². The highest BCUT2D eigenvalue weighted by Crippen LogP contribution is 2.19. The Labute approximate surface area is 120 Å². The summed E-state index contributed by atoms with van der Waals surface area (Å²) in [5.74, 6) is 0.930. The number of pyridine rings is 1. The standard InChI is InChI=1S/C16H21N3O/c1-17-12-15-8-5-9-18-16(15)19(10-11-20)13-14-6-3-2-4-7-14/h2-9,17,20H,10-13H2,1H3. The number of aliphatic hydroxyl groups excluding tert-OH is 1. The molecule has 20 heavy (non-hydrogen) atoms. The molecule has 0 saturated heterocycles. The first-order valence-corrected chi connectivity index (χ1v) is 6.83. The van der Waals surface area contributed by atoms with E-state index < -0.39 is 0 Å². The van der Waals surface area contributed by atoms with Crippen molar-refractivity contribution >= 4 is 5.82 Å². The first-order valence-electron chi connectivity index (χ1n) is 6.83. The second kappa shape index (κ2) is 7.62. The fraction of sp³-hybridized carbons (Fsp3) is 0.312. The van der Waals surface area contributed by atoms with Gasteiger partial charge in [-0.25, -0.2) is 4.98 Å². The Balaban J connectivity index is 2.24. The van der Waals surface area contributed by atoms with E-state index in [0.717, 1.165) is 24.5 Å². The second-order valence-electron chi connectivity index (χ2n) is 4.65. The van der Waals surface area contributed by atoms with E-state index in [1.165, 1.54) is 5.56 Å². The molecule has 0 amide bonds. The van der Waals surface area contributed by atoms with E-state index in [1.807, 2.05) is 31.3 Å². The van der Waals surface area contributed by atoms with Crippen LogP contribution in [0.3, 0.4) is 0 Å². The van der Waals surface area contributed by atoms with Gasteiger partial charge in [0.2, 0.25) is 0 Å². The number of anilines is 1. The van der Waals surface area contributed by atoms with E-state index >= 15 is 0 Å². The lowest BCUT2D eigenvalue weighted by Gasteiger charge is -2.25. The molecular weight excluding hydrogens is 250 g/mol. The Hall–Kier alpha value is -1.91. The van der Waals surface area contributed by atoms with Crippen molar-refractivity contribution in [2.24, 2.45) is 0 Å². The monoisotopic (exact) mass is 271 g/mol. The van der Waals surface area contributed by atoms with Gasteiger partial charge in [0, 0.05) is 31.4 Å². The van der Waals surface area contributed by atoms with Crippen LogP contribution in [0.5, 0.6) is 0 Å². The molecule has 0 radical (unpaired) electrons. The van der Waals surface area contributed by atoms with E-state index in [9.17, 15) is 5.11 Å². The Kier molecular flexibility index (Phi) is 5.53. The summed E-state index contributed by atoms with van der Waals surface area (Å²) < 4.78 is 0. The van der Waals surface area contributed by atoms with Crippen molar-refractivity contribution in [3.05, 3.63) is 59.8 Å². The Bertz CT molecular complexity index is 516. The van der Waals surface area contributed by atoms with Gasteiger partial charge in [-0.15, -0.1) is 0 Å². The smallest absolute Gasteiger partial charge is 0.133 e. The van der Waals surface area contributed by atoms with Gasteiger partial charge in [0.25, 0.3) is 0 Å². The highest BCUT2D eigenvalue weighted by Gasteiger charge is 2.12. The van der Waals surface area contributed by atoms with Crippen molar-refractivity contribution in [2.45, 2.75) is 13.1 Å². The first kappa shape index (κ1) is 14.5. The lowest BCUT2D eigenvalue weighted by Crippen LogP contribution is -2.28. The van der Waals surface area contributed by atoms with E-state index in [1.54, 1.807) is 6.20 Å². The van der Waals surface area contributed by atoms with E-state index in [4.69, 9.17) is 0 Å². The number of hydrogen-bond acceptors (Lipinski definition) is 4. The zero-order valence-electron chi connectivity index (χ0n) is 11.8. The summed E-state index contributed by atoms with van der Waals surface area (Å²) in [7, 11) is 1.92. The normalized spacial score (nSPS) is 10.5. The Morgan fingerprint density at radius 2 is 1.95 bits per heavy atom. The van der Waals surface area contributed by atoms with E-state index in [0.29, 0.717) is 6.54 Å². The molecule has 2 rings (SSSR count). The molecule has 4 heteroatoms. The van der Waals surface area contributed by atoms with Crippen molar-refractivity contribution < 1.29 is 5.11 Å². The minimum Gasteiger partial charge on any atom is -0.395 e. The second-order valence-corrected chi connectivity index (χ2v) is 4.65. The van der Waals surface area contributed by atoms with Crippen molar-refractivity contribution in [3.8, 4) is 0 Å². The van der Waals surface area contributed by atoms with Crippen molar-refractivity contribution in [1.82, 2.24) is 10.3 Å². The highest BCUT2D eigenvalue weighted by molar-refractivity contribution is 5.47. The van der Waals surface area contributed by atoms with Gasteiger partial charge < -0.3 is 15.3 Å². The van der Waals surface area contributed by atoms with E-state index in [-0.39, 0.29) is 6.61 Å². The van der Waals surface area contributed by atoms with Crippen LogP contribution in [0.15, 0.2) is 48.7 Å². The van der Waals surface area contributed by atoms with Crippen LogP contribution in [0.25, 0.3) is 0 Å². The molecule has 0 spiro atoms. The number of nitrogens with zero attached hydrogens (tertiary/aromatic N) is 2. The maximum absolute atomic E-state index is 9.31. The van der Waals surface area contributed by atoms with Crippen LogP contribution in [0, 0.1) is 0 Å². The maximum atomic E-state index is 9.31. The molecular formula is C16H21N3O. The van der Waals surface area contributed by atoms with E-state index in [2.05, 4.69) is 33.4 Å². The number of benzene rings is 1. The average Bonchev–Trinajstić information content (AvgIpc) is 2.49. The predicted molar refractivity (Wildman–Crippen MR) is 81.6 cm³/mol. The van der Waals surface area contributed by atoms with Crippen LogP contribution in [0.1, 0.15) is 11.1 Å². The van der Waals surface area contributed by atoms with Crippen molar-refractivity contribution in [1.29, 1.82) is 0 Å². The average molecular weight is 271 g/mol. The zero-order valence-corrected chi connectivity index (χ0v) is 11.8. The van der Waals surface area contributed by atoms with Gasteiger partial charge in [0.05, 0.1) is 6.61 Å². The summed E-state index contributed by atoms with van der Waals surface area (Å²) in [6, 6.07) is 14.2. The summed E-state index contributed by atoms with van der Waals surface area (Å²) >= 11 is 0. The molecule has 1 aromatic carbocycles. The van der Waals surface area contributed by atoms with Gasteiger partial charge in [-0.05, 0) is 18.7 Å². The lowest BCUT2D eigenvalue weighted by molar-refractivity contribution is 0.301. The van der Waals surface area contributed by atoms with Gasteiger partial charge in [0.15, 0.2) is 0 Å². The predicted octanol–water partition coefficient (Wildman–Crippen LogP) is 1.80. The summed E-state index contributed by atoms with van der Waals surface area (Å²) in [6.07, 6.45) is 1.80. The molecule has 0 fully saturated rings. The summed E-state index contributed by atoms with van der Waals surface area (Å²) in [4.78, 5) is 6.60. The van der Waals surface area contributed by atoms with Crippen LogP contribution in [-0.2, 0) is 13.1 Å². The minimum atomic E-state index is 0.113. The largest absolute Gasteiger partial charge is 0.395 e. The van der Waals surface area contributed by atoms with Gasteiger partial charge in [-0.1, -0.05) is 36.4 Å². The molecule has 2 N–H and O–H groups in total. The molecule has 0 aliphatic heterocycles. The van der Waals surface area contributed by atoms with Crippen LogP contribution < -0.4 is 10.2 Å². The number of nitrogens with one attached hydrogen (secondary N) is 1. The quantitative estimate of drug-likeness (QED) is 0.806. The molecule has 0 bridgehead atoms. The van der Waals surface area contributed by atoms with Gasteiger partial charge in [0.1, 0.15) is 5.82 Å². The molecule has 1 heterocycles. The number of aliphatic hydroxyl groups is 1. The number of rotatable bonds is 7. The van der Waals surface area contributed by atoms with Crippen LogP contribution in [-0.4, -0.2) is 30.3 Å². The van der Waals surface area contributed by atoms with Crippen LogP contribution in [0.4, 0.5) is 5.82 Å². The van der Waals surface area contributed by atoms with Gasteiger partial charge in [-0.3, -0.25) is 0 Å². The number of hydrogen-bond donors (Lipinski definition) is 2. The highest BCUT2D eigenvalue weighted by atomic mass is 16.3. The maximum Gasteiger partial charge on any atom is 0.133 e. The third-order valence-electron chi connectivity index (χ3n) is 3.12. The molecule has 0 unspecified atom stereocenters. The molecule has 1 aromatic heterocycles.